The second kappa shape index (κ2) is 9.93. The fraction of sp³-hybridized carbons (Fsp3) is 0.250. The summed E-state index contributed by atoms with van der Waals surface area (Å²) < 4.78 is 8.78. The summed E-state index contributed by atoms with van der Waals surface area (Å²) >= 11 is 0. The minimum Gasteiger partial charge on any atom is -0.457 e. The number of aryl methyl sites for hydroxylation is 2. The maximum absolute atomic E-state index is 15.0. The highest BCUT2D eigenvalue weighted by molar-refractivity contribution is 6.17. The summed E-state index contributed by atoms with van der Waals surface area (Å²) in [6.07, 6.45) is 3.04. The molecular formula is C36H35N3O2. The molecule has 0 fully saturated rings. The molecule has 5 heteroatoms. The molecule has 0 N–H and O–H groups in total. The van der Waals surface area contributed by atoms with E-state index in [1.165, 1.54) is 5.56 Å². The topological polar surface area (TPSA) is 37.7 Å². The highest BCUT2D eigenvalue weighted by atomic mass is 16.5. The summed E-state index contributed by atoms with van der Waals surface area (Å²) in [4.78, 5) is 19.3. The number of carbonyl (C=O) groups excluding carboxylic acids is 1. The second-order valence-electron chi connectivity index (χ2n) is 11.4. The zero-order chi connectivity index (χ0) is 28.1. The maximum Gasteiger partial charge on any atom is 0.276 e. The fourth-order valence-electron chi connectivity index (χ4n) is 6.93. The first-order valence-corrected chi connectivity index (χ1v) is 14.6. The number of benzene rings is 4. The van der Waals surface area contributed by atoms with E-state index in [1.54, 1.807) is 0 Å². The molecule has 5 aromatic rings. The lowest BCUT2D eigenvalue weighted by atomic mass is 9.74. The zero-order valence-corrected chi connectivity index (χ0v) is 23.9. The van der Waals surface area contributed by atoms with Gasteiger partial charge >= 0.3 is 0 Å². The van der Waals surface area contributed by atoms with E-state index in [0.717, 1.165) is 82.8 Å². The van der Waals surface area contributed by atoms with Crippen LogP contribution in [-0.4, -0.2) is 36.0 Å². The van der Waals surface area contributed by atoms with Crippen molar-refractivity contribution in [2.45, 2.75) is 38.3 Å². The number of fused-ring (bicyclic) bond motifs is 8. The molecule has 5 nitrogen and oxygen atoms in total. The molecule has 0 radical (unpaired) electrons. The standard InChI is InChI=1S/C36H35N3O2/c1-4-12-25-19-21-26(22-20-25)39-35(40)34-33(27-13-5-8-16-30(27)38(34)24-11-23-37(2)3)36(39)28-14-6-9-17-31(28)41-32-18-10-7-15-29(32)36/h5-10,13-22H,4,11-12,23-24H2,1-3H3. The van der Waals surface area contributed by atoms with Crippen molar-refractivity contribution >= 4 is 22.5 Å². The van der Waals surface area contributed by atoms with Crippen molar-refractivity contribution in [2.24, 2.45) is 0 Å². The van der Waals surface area contributed by atoms with Crippen molar-refractivity contribution in [3.8, 4) is 11.5 Å². The Morgan fingerprint density at radius 2 is 1.44 bits per heavy atom. The molecule has 7 rings (SSSR count). The van der Waals surface area contributed by atoms with E-state index in [1.807, 2.05) is 29.2 Å². The van der Waals surface area contributed by atoms with E-state index in [2.05, 4.69) is 103 Å². The molecule has 1 spiro atoms. The van der Waals surface area contributed by atoms with Crippen LogP contribution < -0.4 is 9.64 Å². The van der Waals surface area contributed by atoms with E-state index >= 15 is 4.79 Å². The minimum absolute atomic E-state index is 0.0239. The van der Waals surface area contributed by atoms with Gasteiger partial charge in [0.1, 0.15) is 22.7 Å². The van der Waals surface area contributed by atoms with E-state index in [4.69, 9.17) is 4.74 Å². The van der Waals surface area contributed by atoms with Crippen molar-refractivity contribution in [1.29, 1.82) is 0 Å². The number of carbonyl (C=O) groups is 1. The number of aromatic nitrogens is 1. The third-order valence-electron chi connectivity index (χ3n) is 8.57. The van der Waals surface area contributed by atoms with Crippen LogP contribution >= 0.6 is 0 Å². The Balaban J connectivity index is 1.58. The summed E-state index contributed by atoms with van der Waals surface area (Å²) in [7, 11) is 4.19. The van der Waals surface area contributed by atoms with Crippen LogP contribution in [0.3, 0.4) is 0 Å². The Labute approximate surface area is 241 Å². The molecule has 0 saturated carbocycles. The molecule has 0 aliphatic carbocycles. The highest BCUT2D eigenvalue weighted by Gasteiger charge is 2.59. The summed E-state index contributed by atoms with van der Waals surface area (Å²) in [6, 6.07) is 33.5. The Hall–Kier alpha value is -4.35. The van der Waals surface area contributed by atoms with Gasteiger partial charge < -0.3 is 14.2 Å². The average Bonchev–Trinajstić information content (AvgIpc) is 3.45. The predicted molar refractivity (Wildman–Crippen MR) is 165 cm³/mol. The van der Waals surface area contributed by atoms with Gasteiger partial charge in [0.05, 0.1) is 0 Å². The molecule has 2 aliphatic heterocycles. The SMILES string of the molecule is CCCc1ccc(N2C(=O)c3c(c4ccccc4n3CCCN(C)C)C23c2ccccc2Oc2ccccc23)cc1. The summed E-state index contributed by atoms with van der Waals surface area (Å²) in [5, 5.41) is 1.11. The molecular weight excluding hydrogens is 506 g/mol. The Morgan fingerprint density at radius 1 is 0.805 bits per heavy atom. The van der Waals surface area contributed by atoms with Gasteiger partial charge in [-0.3, -0.25) is 9.69 Å². The van der Waals surface area contributed by atoms with Crippen LogP contribution in [0.2, 0.25) is 0 Å². The van der Waals surface area contributed by atoms with Gasteiger partial charge in [0, 0.05) is 39.8 Å². The van der Waals surface area contributed by atoms with Crippen molar-refractivity contribution in [3.63, 3.8) is 0 Å². The molecule has 0 atom stereocenters. The third kappa shape index (κ3) is 3.76. The maximum atomic E-state index is 15.0. The van der Waals surface area contributed by atoms with Crippen LogP contribution in [0.25, 0.3) is 10.9 Å². The number of nitrogens with zero attached hydrogens (tertiary/aromatic N) is 3. The lowest BCUT2D eigenvalue weighted by Gasteiger charge is -2.44. The van der Waals surface area contributed by atoms with E-state index in [9.17, 15) is 0 Å². The first-order valence-electron chi connectivity index (χ1n) is 14.6. The molecule has 206 valence electrons. The van der Waals surface area contributed by atoms with Gasteiger partial charge in [-0.25, -0.2) is 0 Å². The fourth-order valence-corrected chi connectivity index (χ4v) is 6.93. The first kappa shape index (κ1) is 25.6. The number of amides is 1. The van der Waals surface area contributed by atoms with Gasteiger partial charge in [0.2, 0.25) is 0 Å². The molecule has 0 unspecified atom stereocenters. The van der Waals surface area contributed by atoms with Gasteiger partial charge in [-0.2, -0.15) is 0 Å². The van der Waals surface area contributed by atoms with E-state index in [-0.39, 0.29) is 5.91 Å². The number of para-hydroxylation sites is 3. The summed E-state index contributed by atoms with van der Waals surface area (Å²) in [5.74, 6) is 1.59. The third-order valence-corrected chi connectivity index (χ3v) is 8.57. The lowest BCUT2D eigenvalue weighted by molar-refractivity contribution is 0.0978. The van der Waals surface area contributed by atoms with Crippen molar-refractivity contribution in [3.05, 3.63) is 125 Å². The van der Waals surface area contributed by atoms with Gasteiger partial charge in [0.25, 0.3) is 5.91 Å². The number of ether oxygens (including phenoxy) is 1. The van der Waals surface area contributed by atoms with Crippen LogP contribution in [0.1, 0.15) is 52.5 Å². The molecule has 2 aliphatic rings. The minimum atomic E-state index is -0.878. The molecule has 1 aromatic heterocycles. The van der Waals surface area contributed by atoms with Crippen LogP contribution in [-0.2, 0) is 18.5 Å². The van der Waals surface area contributed by atoms with Crippen LogP contribution in [0.15, 0.2) is 97.1 Å². The van der Waals surface area contributed by atoms with Crippen LogP contribution in [0.4, 0.5) is 5.69 Å². The number of anilines is 1. The van der Waals surface area contributed by atoms with Gasteiger partial charge in [-0.15, -0.1) is 0 Å². The van der Waals surface area contributed by atoms with E-state index in [0.29, 0.717) is 0 Å². The van der Waals surface area contributed by atoms with Crippen LogP contribution in [0, 0.1) is 0 Å². The number of hydrogen-bond donors (Lipinski definition) is 0. The zero-order valence-electron chi connectivity index (χ0n) is 23.9. The smallest absolute Gasteiger partial charge is 0.276 e. The normalized spacial score (nSPS) is 14.8. The first-order chi connectivity index (χ1) is 20.1. The van der Waals surface area contributed by atoms with Gasteiger partial charge in [-0.1, -0.05) is 80.1 Å². The largest absolute Gasteiger partial charge is 0.457 e. The number of rotatable bonds is 7. The molecule has 1 amide bonds. The number of hydrogen-bond acceptors (Lipinski definition) is 3. The Morgan fingerprint density at radius 3 is 2.10 bits per heavy atom. The molecule has 4 aromatic carbocycles. The quantitative estimate of drug-likeness (QED) is 0.213. The molecule has 0 saturated heterocycles. The van der Waals surface area contributed by atoms with Crippen molar-refractivity contribution < 1.29 is 9.53 Å². The average molecular weight is 542 g/mol. The van der Waals surface area contributed by atoms with Crippen LogP contribution in [0.5, 0.6) is 11.5 Å². The summed E-state index contributed by atoms with van der Waals surface area (Å²) in [5.41, 5.74) is 6.18. The van der Waals surface area contributed by atoms with E-state index < -0.39 is 5.54 Å². The molecule has 41 heavy (non-hydrogen) atoms. The molecule has 0 bridgehead atoms. The van der Waals surface area contributed by atoms with Gasteiger partial charge in [0.15, 0.2) is 0 Å². The second-order valence-corrected chi connectivity index (χ2v) is 11.4. The van der Waals surface area contributed by atoms with Crippen molar-refractivity contribution in [1.82, 2.24) is 9.47 Å². The highest BCUT2D eigenvalue weighted by Crippen LogP contribution is 2.60. The van der Waals surface area contributed by atoms with Gasteiger partial charge in [-0.05, 0) is 69.4 Å². The lowest BCUT2D eigenvalue weighted by Crippen LogP contribution is -2.47. The van der Waals surface area contributed by atoms with Crippen molar-refractivity contribution in [2.75, 3.05) is 25.5 Å². The Kier molecular flexibility index (Phi) is 6.20. The molecule has 3 heterocycles. The Bertz CT molecular complexity index is 1720. The summed E-state index contributed by atoms with van der Waals surface area (Å²) in [6.45, 7) is 3.90. The monoisotopic (exact) mass is 541 g/mol. The predicted octanol–water partition coefficient (Wildman–Crippen LogP) is 7.60.